The van der Waals surface area contributed by atoms with Crippen LogP contribution < -0.4 is 15.0 Å². The minimum absolute atomic E-state index is 0.0230. The van der Waals surface area contributed by atoms with Crippen LogP contribution in [-0.2, 0) is 4.79 Å². The Labute approximate surface area is 169 Å². The Bertz CT molecular complexity index is 954. The Kier molecular flexibility index (Phi) is 5.48. The van der Waals surface area contributed by atoms with Crippen LogP contribution in [0.5, 0.6) is 5.75 Å². The van der Waals surface area contributed by atoms with E-state index in [1.165, 1.54) is 10.1 Å². The highest BCUT2D eigenvalue weighted by Gasteiger charge is 2.28. The summed E-state index contributed by atoms with van der Waals surface area (Å²) in [6.07, 6.45) is 3.78. The number of hydrogen-bond donors (Lipinski definition) is 1. The summed E-state index contributed by atoms with van der Waals surface area (Å²) in [5, 5.41) is 6.46. The van der Waals surface area contributed by atoms with Crippen LogP contribution in [0.15, 0.2) is 48.0 Å². The molecule has 0 unspecified atom stereocenters. The number of carbonyl (C=O) groups is 1. The van der Waals surface area contributed by atoms with Gasteiger partial charge in [0.2, 0.25) is 5.91 Å². The van der Waals surface area contributed by atoms with Crippen LogP contribution in [0.25, 0.3) is 10.1 Å². The van der Waals surface area contributed by atoms with Crippen molar-refractivity contribution in [2.24, 2.45) is 5.92 Å². The summed E-state index contributed by atoms with van der Waals surface area (Å²) < 4.78 is 6.45. The number of piperidine rings is 1. The molecule has 2 atom stereocenters. The number of pyridine rings is 1. The maximum Gasteiger partial charge on any atom is 0.225 e. The lowest BCUT2D eigenvalue weighted by molar-refractivity contribution is -0.125. The van der Waals surface area contributed by atoms with Gasteiger partial charge in [-0.1, -0.05) is 12.1 Å². The van der Waals surface area contributed by atoms with Gasteiger partial charge in [0.15, 0.2) is 0 Å². The molecular formula is C22H25N3O2S. The highest BCUT2D eigenvalue weighted by Crippen LogP contribution is 2.31. The zero-order valence-corrected chi connectivity index (χ0v) is 17.0. The highest BCUT2D eigenvalue weighted by atomic mass is 32.1. The van der Waals surface area contributed by atoms with E-state index in [-0.39, 0.29) is 17.9 Å². The third-order valence-electron chi connectivity index (χ3n) is 5.43. The van der Waals surface area contributed by atoms with Crippen LogP contribution in [0.1, 0.15) is 31.4 Å². The minimum atomic E-state index is -0.0350. The first kappa shape index (κ1) is 18.7. The fourth-order valence-electron chi connectivity index (χ4n) is 3.82. The number of anilines is 1. The van der Waals surface area contributed by atoms with Crippen molar-refractivity contribution in [1.29, 1.82) is 0 Å². The van der Waals surface area contributed by atoms with Gasteiger partial charge in [-0.3, -0.25) is 4.79 Å². The van der Waals surface area contributed by atoms with Gasteiger partial charge >= 0.3 is 0 Å². The predicted molar refractivity (Wildman–Crippen MR) is 114 cm³/mol. The first-order valence-electron chi connectivity index (χ1n) is 9.67. The average Bonchev–Trinajstić information content (AvgIpc) is 3.23. The Balaban J connectivity index is 1.43. The number of benzene rings is 1. The molecule has 1 fully saturated rings. The van der Waals surface area contributed by atoms with E-state index in [4.69, 9.17) is 4.74 Å². The van der Waals surface area contributed by atoms with Crippen LogP contribution >= 0.6 is 11.3 Å². The quantitative estimate of drug-likeness (QED) is 0.696. The lowest BCUT2D eigenvalue weighted by Crippen LogP contribution is -2.44. The van der Waals surface area contributed by atoms with Crippen LogP contribution in [-0.4, -0.2) is 31.1 Å². The lowest BCUT2D eigenvalue weighted by Gasteiger charge is -2.33. The van der Waals surface area contributed by atoms with Gasteiger partial charge in [0.25, 0.3) is 0 Å². The van der Waals surface area contributed by atoms with Gasteiger partial charge < -0.3 is 15.0 Å². The van der Waals surface area contributed by atoms with Crippen LogP contribution in [0.3, 0.4) is 0 Å². The molecule has 0 radical (unpaired) electrons. The van der Waals surface area contributed by atoms with E-state index in [1.807, 2.05) is 43.5 Å². The molecule has 2 aromatic heterocycles. The van der Waals surface area contributed by atoms with Gasteiger partial charge in [0.1, 0.15) is 11.6 Å². The minimum Gasteiger partial charge on any atom is -0.497 e. The second-order valence-corrected chi connectivity index (χ2v) is 8.20. The number of thiophene rings is 1. The maximum absolute atomic E-state index is 12.9. The molecule has 1 aliphatic rings. The third kappa shape index (κ3) is 3.83. The Morgan fingerprint density at radius 3 is 2.89 bits per heavy atom. The number of fused-ring (bicyclic) bond motifs is 1. The van der Waals surface area contributed by atoms with Crippen molar-refractivity contribution in [2.45, 2.75) is 25.8 Å². The second kappa shape index (κ2) is 8.19. The molecule has 1 aliphatic heterocycles. The van der Waals surface area contributed by atoms with Crippen molar-refractivity contribution in [2.75, 3.05) is 25.1 Å². The van der Waals surface area contributed by atoms with Crippen molar-refractivity contribution >= 4 is 33.1 Å². The largest absolute Gasteiger partial charge is 0.497 e. The van der Waals surface area contributed by atoms with Crippen molar-refractivity contribution < 1.29 is 9.53 Å². The van der Waals surface area contributed by atoms with Gasteiger partial charge in [0.05, 0.1) is 19.1 Å². The second-order valence-electron chi connectivity index (χ2n) is 7.26. The SMILES string of the molecule is COc1ccc([C@H](C)NC(=O)[C@@H]2CCCN(c3nccc4sccc34)C2)cc1. The summed E-state index contributed by atoms with van der Waals surface area (Å²) in [6.45, 7) is 3.68. The number of rotatable bonds is 5. The van der Waals surface area contributed by atoms with Gasteiger partial charge in [-0.15, -0.1) is 11.3 Å². The number of nitrogens with zero attached hydrogens (tertiary/aromatic N) is 2. The molecule has 6 heteroatoms. The van der Waals surface area contributed by atoms with Gasteiger partial charge in [-0.25, -0.2) is 4.98 Å². The number of ether oxygens (including phenoxy) is 1. The van der Waals surface area contributed by atoms with Gasteiger partial charge in [-0.2, -0.15) is 0 Å². The smallest absolute Gasteiger partial charge is 0.225 e. The topological polar surface area (TPSA) is 54.5 Å². The number of aromatic nitrogens is 1. The van der Waals surface area contributed by atoms with Gasteiger partial charge in [-0.05, 0) is 55.0 Å². The standard InChI is InChI=1S/C22H25N3O2S/c1-15(16-5-7-18(27-2)8-6-16)24-22(26)17-4-3-12-25(14-17)21-19-10-13-28-20(19)9-11-23-21/h5-11,13,15,17H,3-4,12,14H2,1-2H3,(H,24,26)/t15-,17+/m0/s1. The summed E-state index contributed by atoms with van der Waals surface area (Å²) in [5.74, 6) is 1.91. The molecule has 1 N–H and O–H groups in total. The van der Waals surface area contributed by atoms with Gasteiger partial charge in [0, 0.05) is 29.4 Å². The number of methoxy groups -OCH3 is 1. The zero-order chi connectivity index (χ0) is 19.5. The van der Waals surface area contributed by atoms with E-state index >= 15 is 0 Å². The molecule has 1 saturated heterocycles. The van der Waals surface area contributed by atoms with E-state index in [9.17, 15) is 4.79 Å². The molecule has 0 bridgehead atoms. The third-order valence-corrected chi connectivity index (χ3v) is 6.31. The summed E-state index contributed by atoms with van der Waals surface area (Å²) in [6, 6.07) is 12.0. The van der Waals surface area contributed by atoms with E-state index in [1.54, 1.807) is 18.4 Å². The van der Waals surface area contributed by atoms with Crippen molar-refractivity contribution in [3.05, 3.63) is 53.5 Å². The summed E-state index contributed by atoms with van der Waals surface area (Å²) in [5.41, 5.74) is 1.08. The molecule has 5 nitrogen and oxygen atoms in total. The molecule has 4 rings (SSSR count). The Hall–Kier alpha value is -2.60. The molecule has 0 spiro atoms. The number of amides is 1. The molecule has 3 aromatic rings. The number of carbonyl (C=O) groups excluding carboxylic acids is 1. The van der Waals surface area contributed by atoms with Crippen LogP contribution in [0.2, 0.25) is 0 Å². The highest BCUT2D eigenvalue weighted by molar-refractivity contribution is 7.17. The van der Waals surface area contributed by atoms with Crippen molar-refractivity contribution in [3.63, 3.8) is 0 Å². The van der Waals surface area contributed by atoms with E-state index in [0.29, 0.717) is 6.54 Å². The predicted octanol–water partition coefficient (Wildman–Crippen LogP) is 4.40. The normalized spacial score (nSPS) is 18.1. The summed E-state index contributed by atoms with van der Waals surface area (Å²) in [4.78, 5) is 19.8. The van der Waals surface area contributed by atoms with E-state index in [0.717, 1.165) is 36.5 Å². The molecule has 1 amide bonds. The van der Waals surface area contributed by atoms with Crippen LogP contribution in [0, 0.1) is 5.92 Å². The summed E-state index contributed by atoms with van der Waals surface area (Å²) in [7, 11) is 1.65. The molecule has 3 heterocycles. The maximum atomic E-state index is 12.9. The Morgan fingerprint density at radius 2 is 2.11 bits per heavy atom. The first-order valence-corrected chi connectivity index (χ1v) is 10.5. The Morgan fingerprint density at radius 1 is 1.29 bits per heavy atom. The zero-order valence-electron chi connectivity index (χ0n) is 16.2. The molecule has 0 saturated carbocycles. The number of nitrogens with one attached hydrogen (secondary N) is 1. The molecule has 0 aliphatic carbocycles. The monoisotopic (exact) mass is 395 g/mol. The first-order chi connectivity index (χ1) is 13.7. The van der Waals surface area contributed by atoms with Crippen molar-refractivity contribution in [3.8, 4) is 5.75 Å². The molecular weight excluding hydrogens is 370 g/mol. The fourth-order valence-corrected chi connectivity index (χ4v) is 4.60. The van der Waals surface area contributed by atoms with E-state index < -0.39 is 0 Å². The lowest BCUT2D eigenvalue weighted by atomic mass is 9.96. The number of hydrogen-bond acceptors (Lipinski definition) is 5. The molecule has 28 heavy (non-hydrogen) atoms. The molecule has 1 aromatic carbocycles. The van der Waals surface area contributed by atoms with E-state index in [2.05, 4.69) is 26.6 Å². The van der Waals surface area contributed by atoms with Crippen LogP contribution in [0.4, 0.5) is 5.82 Å². The average molecular weight is 396 g/mol. The fraction of sp³-hybridized carbons (Fsp3) is 0.364. The molecule has 146 valence electrons. The summed E-state index contributed by atoms with van der Waals surface area (Å²) >= 11 is 1.73. The van der Waals surface area contributed by atoms with Crippen molar-refractivity contribution in [1.82, 2.24) is 10.3 Å².